The Hall–Kier alpha value is -1.42. The highest BCUT2D eigenvalue weighted by Gasteiger charge is 2.06. The number of thiazole rings is 1. The number of rotatable bonds is 3. The van der Waals surface area contributed by atoms with Crippen LogP contribution in [0.25, 0.3) is 0 Å². The molecule has 4 heteroatoms. The molecule has 1 unspecified atom stereocenters. The van der Waals surface area contributed by atoms with Crippen molar-refractivity contribution in [3.63, 3.8) is 0 Å². The molecule has 78 valence electrons. The molecule has 0 aliphatic carbocycles. The van der Waals surface area contributed by atoms with E-state index < -0.39 is 0 Å². The molecule has 2 aromatic rings. The maximum absolute atomic E-state index is 4.40. The standard InChI is InChI=1S/C11H13N3S/c1-8-4-3-5-11(13-8)14-9(2)10-6-12-7-15-10/h3-7,9H,1-2H3,(H,13,14). The van der Waals surface area contributed by atoms with Crippen LogP contribution in [-0.2, 0) is 0 Å². The van der Waals surface area contributed by atoms with Gasteiger partial charge in [0, 0.05) is 16.8 Å². The van der Waals surface area contributed by atoms with Gasteiger partial charge in [-0.05, 0) is 26.0 Å². The lowest BCUT2D eigenvalue weighted by atomic mass is 10.3. The number of aryl methyl sites for hydroxylation is 1. The van der Waals surface area contributed by atoms with Crippen LogP contribution in [0.3, 0.4) is 0 Å². The molecule has 1 atom stereocenters. The maximum Gasteiger partial charge on any atom is 0.126 e. The normalized spacial score (nSPS) is 12.4. The summed E-state index contributed by atoms with van der Waals surface area (Å²) in [5.74, 6) is 0.913. The van der Waals surface area contributed by atoms with Gasteiger partial charge in [0.2, 0.25) is 0 Å². The summed E-state index contributed by atoms with van der Waals surface area (Å²) < 4.78 is 0. The molecule has 0 aliphatic heterocycles. The summed E-state index contributed by atoms with van der Waals surface area (Å²) in [5, 5.41) is 3.34. The number of pyridine rings is 1. The number of hydrogen-bond acceptors (Lipinski definition) is 4. The fourth-order valence-electron chi connectivity index (χ4n) is 1.36. The second-order valence-electron chi connectivity index (χ2n) is 3.43. The molecule has 0 bridgehead atoms. The predicted molar refractivity (Wildman–Crippen MR) is 63.1 cm³/mol. The quantitative estimate of drug-likeness (QED) is 0.862. The van der Waals surface area contributed by atoms with Crippen LogP contribution < -0.4 is 5.32 Å². The molecule has 0 saturated carbocycles. The highest BCUT2D eigenvalue weighted by atomic mass is 32.1. The Morgan fingerprint density at radius 3 is 2.93 bits per heavy atom. The molecule has 15 heavy (non-hydrogen) atoms. The van der Waals surface area contributed by atoms with Crippen LogP contribution in [0, 0.1) is 6.92 Å². The van der Waals surface area contributed by atoms with Gasteiger partial charge in [-0.25, -0.2) is 4.98 Å². The lowest BCUT2D eigenvalue weighted by Crippen LogP contribution is -2.06. The summed E-state index contributed by atoms with van der Waals surface area (Å²) in [6, 6.07) is 6.23. The number of hydrogen-bond donors (Lipinski definition) is 1. The number of nitrogens with zero attached hydrogens (tertiary/aromatic N) is 2. The lowest BCUT2D eigenvalue weighted by Gasteiger charge is -2.12. The molecule has 3 nitrogen and oxygen atoms in total. The fraction of sp³-hybridized carbons (Fsp3) is 0.273. The third kappa shape index (κ3) is 2.53. The molecular formula is C11H13N3S. The van der Waals surface area contributed by atoms with Crippen LogP contribution in [0.15, 0.2) is 29.9 Å². The Morgan fingerprint density at radius 2 is 2.27 bits per heavy atom. The Kier molecular flexibility index (Phi) is 2.97. The van der Waals surface area contributed by atoms with Gasteiger partial charge >= 0.3 is 0 Å². The van der Waals surface area contributed by atoms with E-state index in [4.69, 9.17) is 0 Å². The highest BCUT2D eigenvalue weighted by molar-refractivity contribution is 7.09. The number of anilines is 1. The smallest absolute Gasteiger partial charge is 0.126 e. The average molecular weight is 219 g/mol. The van der Waals surface area contributed by atoms with Crippen molar-refractivity contribution in [2.24, 2.45) is 0 Å². The first-order valence-electron chi connectivity index (χ1n) is 4.84. The fourth-order valence-corrected chi connectivity index (χ4v) is 1.98. The van der Waals surface area contributed by atoms with Crippen molar-refractivity contribution in [1.82, 2.24) is 9.97 Å². The van der Waals surface area contributed by atoms with Crippen molar-refractivity contribution in [3.8, 4) is 0 Å². The van der Waals surface area contributed by atoms with Gasteiger partial charge in [0.25, 0.3) is 0 Å². The summed E-state index contributed by atoms with van der Waals surface area (Å²) in [6.07, 6.45) is 1.89. The molecule has 1 N–H and O–H groups in total. The van der Waals surface area contributed by atoms with E-state index in [0.29, 0.717) is 0 Å². The predicted octanol–water partition coefficient (Wildman–Crippen LogP) is 3.02. The first-order valence-corrected chi connectivity index (χ1v) is 5.72. The minimum atomic E-state index is 0.256. The van der Waals surface area contributed by atoms with Gasteiger partial charge in [-0.2, -0.15) is 0 Å². The summed E-state index contributed by atoms with van der Waals surface area (Å²) >= 11 is 1.65. The first kappa shape index (κ1) is 10.1. The Bertz CT molecular complexity index is 425. The van der Waals surface area contributed by atoms with Gasteiger partial charge in [0.1, 0.15) is 5.82 Å². The van der Waals surface area contributed by atoms with Gasteiger partial charge in [-0.1, -0.05) is 6.07 Å². The molecule has 2 aromatic heterocycles. The second-order valence-corrected chi connectivity index (χ2v) is 4.35. The molecular weight excluding hydrogens is 206 g/mol. The molecule has 0 saturated heterocycles. The van der Waals surface area contributed by atoms with E-state index in [1.54, 1.807) is 11.3 Å². The molecule has 0 radical (unpaired) electrons. The van der Waals surface area contributed by atoms with Crippen molar-refractivity contribution < 1.29 is 0 Å². The Balaban J connectivity index is 2.09. The summed E-state index contributed by atoms with van der Waals surface area (Å²) in [6.45, 7) is 4.10. The van der Waals surface area contributed by atoms with E-state index in [0.717, 1.165) is 11.5 Å². The molecule has 2 heterocycles. The van der Waals surface area contributed by atoms with Crippen LogP contribution in [0.1, 0.15) is 23.5 Å². The Morgan fingerprint density at radius 1 is 1.40 bits per heavy atom. The van der Waals surface area contributed by atoms with E-state index in [2.05, 4.69) is 22.2 Å². The van der Waals surface area contributed by atoms with Crippen LogP contribution >= 0.6 is 11.3 Å². The van der Waals surface area contributed by atoms with Gasteiger partial charge in [0.05, 0.1) is 11.6 Å². The summed E-state index contributed by atoms with van der Waals surface area (Å²) in [4.78, 5) is 9.68. The van der Waals surface area contributed by atoms with E-state index in [9.17, 15) is 0 Å². The monoisotopic (exact) mass is 219 g/mol. The van der Waals surface area contributed by atoms with Crippen molar-refractivity contribution in [3.05, 3.63) is 40.5 Å². The second kappa shape index (κ2) is 4.40. The number of aromatic nitrogens is 2. The number of nitrogens with one attached hydrogen (secondary N) is 1. The van der Waals surface area contributed by atoms with E-state index in [-0.39, 0.29) is 6.04 Å². The third-order valence-electron chi connectivity index (χ3n) is 2.13. The zero-order valence-corrected chi connectivity index (χ0v) is 9.58. The van der Waals surface area contributed by atoms with Crippen molar-refractivity contribution in [2.75, 3.05) is 5.32 Å². The zero-order valence-electron chi connectivity index (χ0n) is 8.77. The molecule has 0 aromatic carbocycles. The molecule has 0 aliphatic rings. The summed E-state index contributed by atoms with van der Waals surface area (Å²) in [5.41, 5.74) is 2.87. The third-order valence-corrected chi connectivity index (χ3v) is 3.09. The van der Waals surface area contributed by atoms with Crippen LogP contribution in [0.2, 0.25) is 0 Å². The van der Waals surface area contributed by atoms with Crippen molar-refractivity contribution >= 4 is 17.2 Å². The molecule has 0 amide bonds. The first-order chi connectivity index (χ1) is 7.25. The lowest BCUT2D eigenvalue weighted by molar-refractivity contribution is 0.890. The largest absolute Gasteiger partial charge is 0.363 e. The summed E-state index contributed by atoms with van der Waals surface area (Å²) in [7, 11) is 0. The molecule has 0 fully saturated rings. The topological polar surface area (TPSA) is 37.8 Å². The van der Waals surface area contributed by atoms with Gasteiger partial charge < -0.3 is 5.32 Å². The highest BCUT2D eigenvalue weighted by Crippen LogP contribution is 2.20. The van der Waals surface area contributed by atoms with Gasteiger partial charge in [-0.15, -0.1) is 11.3 Å². The van der Waals surface area contributed by atoms with E-state index in [1.165, 1.54) is 4.88 Å². The zero-order chi connectivity index (χ0) is 10.7. The molecule has 2 rings (SSSR count). The minimum absolute atomic E-state index is 0.256. The van der Waals surface area contributed by atoms with Crippen LogP contribution in [0.4, 0.5) is 5.82 Å². The average Bonchev–Trinajstić information content (AvgIpc) is 2.70. The molecule has 0 spiro atoms. The van der Waals surface area contributed by atoms with Crippen LogP contribution in [-0.4, -0.2) is 9.97 Å². The van der Waals surface area contributed by atoms with Crippen LogP contribution in [0.5, 0.6) is 0 Å². The SMILES string of the molecule is Cc1cccc(NC(C)c2cncs2)n1. The van der Waals surface area contributed by atoms with Crippen molar-refractivity contribution in [2.45, 2.75) is 19.9 Å². The van der Waals surface area contributed by atoms with Gasteiger partial charge in [-0.3, -0.25) is 4.98 Å². The minimum Gasteiger partial charge on any atom is -0.363 e. The van der Waals surface area contributed by atoms with Gasteiger partial charge in [0.15, 0.2) is 0 Å². The maximum atomic E-state index is 4.40. The van der Waals surface area contributed by atoms with Crippen molar-refractivity contribution in [1.29, 1.82) is 0 Å². The van der Waals surface area contributed by atoms with E-state index >= 15 is 0 Å². The van der Waals surface area contributed by atoms with E-state index in [1.807, 2.05) is 36.8 Å². The Labute approximate surface area is 93.2 Å².